The summed E-state index contributed by atoms with van der Waals surface area (Å²) in [4.78, 5) is 0. The first-order valence-electron chi connectivity index (χ1n) is 8.36. The lowest BCUT2D eigenvalue weighted by Crippen LogP contribution is -2.51. The summed E-state index contributed by atoms with van der Waals surface area (Å²) in [7, 11) is 0. The van der Waals surface area contributed by atoms with E-state index in [0.717, 1.165) is 25.7 Å². The monoisotopic (exact) mass is 307 g/mol. The zero-order chi connectivity index (χ0) is 15.5. The second-order valence-electron chi connectivity index (χ2n) is 7.00. The molecule has 2 rings (SSSR count). The van der Waals surface area contributed by atoms with Gasteiger partial charge in [-0.2, -0.15) is 13.2 Å². The Morgan fingerprint density at radius 3 is 2.29 bits per heavy atom. The first kappa shape index (κ1) is 17.1. The zero-order valence-electron chi connectivity index (χ0n) is 12.9. The van der Waals surface area contributed by atoms with E-state index in [4.69, 9.17) is 0 Å². The van der Waals surface area contributed by atoms with Crippen molar-refractivity contribution in [2.75, 3.05) is 6.54 Å². The largest absolute Gasteiger partial charge is 0.393 e. The summed E-state index contributed by atoms with van der Waals surface area (Å²) in [6.45, 7) is 2.46. The predicted octanol–water partition coefficient (Wildman–Crippen LogP) is 4.03. The van der Waals surface area contributed by atoms with Crippen molar-refractivity contribution in [2.45, 2.75) is 82.5 Å². The molecule has 2 aliphatic carbocycles. The molecule has 0 heterocycles. The van der Waals surface area contributed by atoms with Crippen molar-refractivity contribution in [3.8, 4) is 0 Å². The van der Waals surface area contributed by atoms with E-state index >= 15 is 0 Å². The fraction of sp³-hybridized carbons (Fsp3) is 1.00. The molecule has 2 aliphatic rings. The number of alkyl halides is 3. The second-order valence-corrected chi connectivity index (χ2v) is 7.00. The summed E-state index contributed by atoms with van der Waals surface area (Å²) in [6, 6.07) is -0.522. The van der Waals surface area contributed by atoms with E-state index in [1.54, 1.807) is 0 Å². The molecule has 2 N–H and O–H groups in total. The molecule has 2 fully saturated rings. The van der Waals surface area contributed by atoms with Crippen molar-refractivity contribution in [3.63, 3.8) is 0 Å². The van der Waals surface area contributed by atoms with Gasteiger partial charge in [0.1, 0.15) is 0 Å². The summed E-state index contributed by atoms with van der Waals surface area (Å²) in [5.74, 6) is -0.579. The average Bonchev–Trinajstić information content (AvgIpc) is 2.45. The maximum absolute atomic E-state index is 13.0. The molecule has 0 bridgehead atoms. The lowest BCUT2D eigenvalue weighted by atomic mass is 9.77. The molecule has 0 radical (unpaired) electrons. The third kappa shape index (κ3) is 4.59. The van der Waals surface area contributed by atoms with Gasteiger partial charge in [0.05, 0.1) is 11.5 Å². The molecule has 0 aromatic rings. The van der Waals surface area contributed by atoms with Crippen LogP contribution in [0.15, 0.2) is 0 Å². The minimum Gasteiger partial charge on any atom is -0.389 e. The predicted molar refractivity (Wildman–Crippen MR) is 77.0 cm³/mol. The van der Waals surface area contributed by atoms with Crippen LogP contribution in [0.1, 0.15) is 64.7 Å². The highest BCUT2D eigenvalue weighted by atomic mass is 19.4. The maximum Gasteiger partial charge on any atom is 0.393 e. The SMILES string of the molecule is CCC1CCC(O)(CNC2CCCCC2C(F)(F)F)CC1. The van der Waals surface area contributed by atoms with E-state index in [0.29, 0.717) is 38.1 Å². The molecule has 5 heteroatoms. The van der Waals surface area contributed by atoms with Gasteiger partial charge >= 0.3 is 6.18 Å². The average molecular weight is 307 g/mol. The van der Waals surface area contributed by atoms with Crippen LogP contribution in [0.25, 0.3) is 0 Å². The van der Waals surface area contributed by atoms with E-state index in [1.165, 1.54) is 0 Å². The summed E-state index contributed by atoms with van der Waals surface area (Å²) < 4.78 is 39.1. The van der Waals surface area contributed by atoms with Gasteiger partial charge in [-0.3, -0.25) is 0 Å². The van der Waals surface area contributed by atoms with Crippen molar-refractivity contribution in [1.82, 2.24) is 5.32 Å². The van der Waals surface area contributed by atoms with E-state index in [1.807, 2.05) is 0 Å². The van der Waals surface area contributed by atoms with E-state index < -0.39 is 23.7 Å². The molecule has 0 spiro atoms. The summed E-state index contributed by atoms with van der Waals surface area (Å²) in [5.41, 5.74) is -0.806. The highest BCUT2D eigenvalue weighted by Gasteiger charge is 2.46. The Labute approximate surface area is 125 Å². The van der Waals surface area contributed by atoms with E-state index in [9.17, 15) is 18.3 Å². The number of hydrogen-bond acceptors (Lipinski definition) is 2. The summed E-state index contributed by atoms with van der Waals surface area (Å²) >= 11 is 0. The van der Waals surface area contributed by atoms with Gasteiger partial charge in [0.25, 0.3) is 0 Å². The van der Waals surface area contributed by atoms with Crippen LogP contribution in [0.2, 0.25) is 0 Å². The Balaban J connectivity index is 1.86. The van der Waals surface area contributed by atoms with Gasteiger partial charge in [0.15, 0.2) is 0 Å². The van der Waals surface area contributed by atoms with Gasteiger partial charge < -0.3 is 10.4 Å². The molecule has 0 aliphatic heterocycles. The van der Waals surface area contributed by atoms with Crippen LogP contribution in [0.3, 0.4) is 0 Å². The first-order chi connectivity index (χ1) is 9.84. The number of halogens is 3. The van der Waals surface area contributed by atoms with Crippen molar-refractivity contribution in [1.29, 1.82) is 0 Å². The van der Waals surface area contributed by atoms with Crippen molar-refractivity contribution < 1.29 is 18.3 Å². The van der Waals surface area contributed by atoms with Crippen LogP contribution < -0.4 is 5.32 Å². The summed E-state index contributed by atoms with van der Waals surface area (Å²) in [5, 5.41) is 13.6. The quantitative estimate of drug-likeness (QED) is 0.822. The Bertz CT molecular complexity index is 324. The fourth-order valence-electron chi connectivity index (χ4n) is 3.89. The lowest BCUT2D eigenvalue weighted by molar-refractivity contribution is -0.189. The van der Waals surface area contributed by atoms with Gasteiger partial charge in [0.2, 0.25) is 0 Å². The molecule has 124 valence electrons. The Morgan fingerprint density at radius 1 is 1.10 bits per heavy atom. The molecule has 2 unspecified atom stereocenters. The number of hydrogen-bond donors (Lipinski definition) is 2. The minimum atomic E-state index is -4.12. The number of aliphatic hydroxyl groups is 1. The van der Waals surface area contributed by atoms with Crippen molar-refractivity contribution in [2.24, 2.45) is 11.8 Å². The van der Waals surface area contributed by atoms with Crippen LogP contribution in [0.5, 0.6) is 0 Å². The molecule has 2 nitrogen and oxygen atoms in total. The molecule has 0 saturated heterocycles. The van der Waals surface area contributed by atoms with Crippen LogP contribution in [0.4, 0.5) is 13.2 Å². The van der Waals surface area contributed by atoms with E-state index in [2.05, 4.69) is 12.2 Å². The van der Waals surface area contributed by atoms with Crippen LogP contribution in [0, 0.1) is 11.8 Å². The van der Waals surface area contributed by atoms with Gasteiger partial charge in [-0.05, 0) is 44.4 Å². The molecular formula is C16H28F3NO. The zero-order valence-corrected chi connectivity index (χ0v) is 12.9. The minimum absolute atomic E-state index is 0.220. The van der Waals surface area contributed by atoms with Gasteiger partial charge in [-0.15, -0.1) is 0 Å². The Kier molecular flexibility index (Phi) is 5.58. The van der Waals surface area contributed by atoms with Crippen molar-refractivity contribution in [3.05, 3.63) is 0 Å². The topological polar surface area (TPSA) is 32.3 Å². The van der Waals surface area contributed by atoms with E-state index in [-0.39, 0.29) is 6.42 Å². The van der Waals surface area contributed by atoms with Crippen LogP contribution >= 0.6 is 0 Å². The normalized spacial score (nSPS) is 38.4. The fourth-order valence-corrected chi connectivity index (χ4v) is 3.89. The van der Waals surface area contributed by atoms with Crippen LogP contribution in [-0.4, -0.2) is 29.5 Å². The smallest absolute Gasteiger partial charge is 0.389 e. The molecule has 0 amide bonds. The van der Waals surface area contributed by atoms with Crippen LogP contribution in [-0.2, 0) is 0 Å². The summed E-state index contributed by atoms with van der Waals surface area (Å²) in [6.07, 6.45) is 2.69. The Morgan fingerprint density at radius 2 is 1.71 bits per heavy atom. The number of nitrogens with one attached hydrogen (secondary N) is 1. The molecule has 21 heavy (non-hydrogen) atoms. The highest BCUT2D eigenvalue weighted by Crippen LogP contribution is 2.38. The Hall–Kier alpha value is -0.290. The highest BCUT2D eigenvalue weighted by molar-refractivity contribution is 4.91. The lowest BCUT2D eigenvalue weighted by Gasteiger charge is -2.39. The first-order valence-corrected chi connectivity index (χ1v) is 8.36. The van der Waals surface area contributed by atoms with Gasteiger partial charge in [-0.1, -0.05) is 26.2 Å². The second kappa shape index (κ2) is 6.86. The maximum atomic E-state index is 13.0. The third-order valence-electron chi connectivity index (χ3n) is 5.49. The molecule has 0 aromatic heterocycles. The standard InChI is InChI=1S/C16H28F3NO/c1-2-12-7-9-15(21,10-8-12)11-20-14-6-4-3-5-13(14)16(17,18)19/h12-14,20-21H,2-11H2,1H3. The molecule has 2 atom stereocenters. The molecule has 0 aromatic carbocycles. The molecule has 2 saturated carbocycles. The number of rotatable bonds is 4. The third-order valence-corrected chi connectivity index (χ3v) is 5.49. The van der Waals surface area contributed by atoms with Gasteiger partial charge in [-0.25, -0.2) is 0 Å². The van der Waals surface area contributed by atoms with Gasteiger partial charge in [0, 0.05) is 12.6 Å². The molecular weight excluding hydrogens is 279 g/mol. The van der Waals surface area contributed by atoms with Crippen molar-refractivity contribution >= 4 is 0 Å².